The highest BCUT2D eigenvalue weighted by Gasteiger charge is 2.07. The molecule has 0 heterocycles. The molecule has 5 heteroatoms. The van der Waals surface area contributed by atoms with Crippen LogP contribution in [0.3, 0.4) is 0 Å². The molecule has 0 aliphatic rings. The maximum absolute atomic E-state index is 11.4. The molecule has 124 valence electrons. The van der Waals surface area contributed by atoms with Gasteiger partial charge in [0.15, 0.2) is 0 Å². The average Bonchev–Trinajstić information content (AvgIpc) is 2.56. The molecule has 5 nitrogen and oxygen atoms in total. The molecule has 24 heavy (non-hydrogen) atoms. The van der Waals surface area contributed by atoms with Crippen LogP contribution in [0.1, 0.15) is 18.1 Å². The lowest BCUT2D eigenvalue weighted by molar-refractivity contribution is -0.126. The minimum absolute atomic E-state index is 0.0526. The van der Waals surface area contributed by atoms with Crippen molar-refractivity contribution >= 4 is 17.3 Å². The zero-order valence-corrected chi connectivity index (χ0v) is 13.9. The smallest absolute Gasteiger partial charge is 0.223 e. The maximum atomic E-state index is 11.4. The number of azo groups is 1. The number of aromatic hydroxyl groups is 1. The van der Waals surface area contributed by atoms with Gasteiger partial charge in [0.05, 0.1) is 5.69 Å². The number of phenols is 1. The van der Waals surface area contributed by atoms with Crippen molar-refractivity contribution in [2.45, 2.75) is 20.3 Å². The second kappa shape index (κ2) is 8.06. The van der Waals surface area contributed by atoms with E-state index in [4.69, 9.17) is 0 Å². The highest BCUT2D eigenvalue weighted by atomic mass is 16.3. The summed E-state index contributed by atoms with van der Waals surface area (Å²) in [4.78, 5) is 12.9. The quantitative estimate of drug-likeness (QED) is 0.786. The summed E-state index contributed by atoms with van der Waals surface area (Å²) in [6.45, 7) is 7.61. The summed E-state index contributed by atoms with van der Waals surface area (Å²) in [5.41, 5.74) is 3.14. The molecular weight excluding hydrogens is 302 g/mol. The van der Waals surface area contributed by atoms with Gasteiger partial charge in [-0.25, -0.2) is 0 Å². The fourth-order valence-corrected chi connectivity index (χ4v) is 2.21. The zero-order chi connectivity index (χ0) is 17.5. The summed E-state index contributed by atoms with van der Waals surface area (Å²) in [5, 5.41) is 18.3. The van der Waals surface area contributed by atoms with Gasteiger partial charge >= 0.3 is 0 Å². The summed E-state index contributed by atoms with van der Waals surface area (Å²) in [6.07, 6.45) is 2.15. The molecule has 0 aromatic heterocycles. The third kappa shape index (κ3) is 4.52. The van der Waals surface area contributed by atoms with Crippen molar-refractivity contribution in [3.63, 3.8) is 0 Å². The third-order valence-corrected chi connectivity index (χ3v) is 3.69. The first-order valence-corrected chi connectivity index (χ1v) is 7.70. The van der Waals surface area contributed by atoms with Crippen LogP contribution in [0.25, 0.3) is 0 Å². The summed E-state index contributed by atoms with van der Waals surface area (Å²) >= 11 is 0. The van der Waals surface area contributed by atoms with Crippen LogP contribution in [0.2, 0.25) is 0 Å². The van der Waals surface area contributed by atoms with Gasteiger partial charge in [-0.15, -0.1) is 5.11 Å². The topological polar surface area (TPSA) is 65.3 Å². The van der Waals surface area contributed by atoms with E-state index in [1.807, 2.05) is 37.3 Å². The van der Waals surface area contributed by atoms with Crippen molar-refractivity contribution in [3.8, 4) is 5.75 Å². The normalized spacial score (nSPS) is 10.8. The van der Waals surface area contributed by atoms with E-state index >= 15 is 0 Å². The van der Waals surface area contributed by atoms with Gasteiger partial charge in [0.25, 0.3) is 0 Å². The summed E-state index contributed by atoms with van der Waals surface area (Å²) in [5.74, 6) is 0.0199. The molecule has 1 amide bonds. The van der Waals surface area contributed by atoms with Crippen LogP contribution in [0.4, 0.5) is 11.4 Å². The standard InChI is InChI=1S/C19H21N3O2/c1-4-22(15(3)23)12-11-16-9-10-19(24)18(13-16)21-20-17-8-6-5-7-14(17)2/h4-10,13,24H,1,11-12H2,2-3H3. The van der Waals surface area contributed by atoms with E-state index in [-0.39, 0.29) is 11.7 Å². The zero-order valence-electron chi connectivity index (χ0n) is 13.9. The number of hydrogen-bond donors (Lipinski definition) is 1. The fraction of sp³-hybridized carbons (Fsp3) is 0.211. The highest BCUT2D eigenvalue weighted by Crippen LogP contribution is 2.30. The van der Waals surface area contributed by atoms with Crippen molar-refractivity contribution in [2.75, 3.05) is 6.54 Å². The van der Waals surface area contributed by atoms with Crippen LogP contribution >= 0.6 is 0 Å². The van der Waals surface area contributed by atoms with Gasteiger partial charge in [0.2, 0.25) is 5.91 Å². The molecule has 2 rings (SSSR count). The number of benzene rings is 2. The Labute approximate surface area is 142 Å². The van der Waals surface area contributed by atoms with Crippen molar-refractivity contribution in [2.24, 2.45) is 10.2 Å². The molecule has 0 radical (unpaired) electrons. The van der Waals surface area contributed by atoms with Crippen LogP contribution in [0.15, 0.2) is 65.5 Å². The molecular formula is C19H21N3O2. The van der Waals surface area contributed by atoms with Crippen LogP contribution in [-0.2, 0) is 11.2 Å². The van der Waals surface area contributed by atoms with Crippen LogP contribution < -0.4 is 0 Å². The van der Waals surface area contributed by atoms with E-state index < -0.39 is 0 Å². The predicted molar refractivity (Wildman–Crippen MR) is 94.7 cm³/mol. The predicted octanol–water partition coefficient (Wildman–Crippen LogP) is 4.65. The Bertz CT molecular complexity index is 769. The molecule has 0 spiro atoms. The summed E-state index contributed by atoms with van der Waals surface area (Å²) in [7, 11) is 0. The molecule has 0 fully saturated rings. The van der Waals surface area contributed by atoms with Gasteiger partial charge < -0.3 is 10.0 Å². The minimum Gasteiger partial charge on any atom is -0.506 e. The lowest BCUT2D eigenvalue weighted by Gasteiger charge is -2.15. The molecule has 0 unspecified atom stereocenters. The SMILES string of the molecule is C=CN(CCc1ccc(O)c(N=Nc2ccccc2C)c1)C(C)=O. The molecule has 1 N–H and O–H groups in total. The maximum Gasteiger partial charge on any atom is 0.223 e. The summed E-state index contributed by atoms with van der Waals surface area (Å²) < 4.78 is 0. The number of aryl methyl sites for hydroxylation is 1. The van der Waals surface area contributed by atoms with Gasteiger partial charge in [-0.05, 0) is 48.9 Å². The molecule has 0 bridgehead atoms. The minimum atomic E-state index is -0.0526. The highest BCUT2D eigenvalue weighted by molar-refractivity contribution is 5.74. The fourth-order valence-electron chi connectivity index (χ4n) is 2.21. The number of amides is 1. The largest absolute Gasteiger partial charge is 0.506 e. The van der Waals surface area contributed by atoms with Gasteiger partial charge in [0.1, 0.15) is 11.4 Å². The molecule has 0 aliphatic carbocycles. The van der Waals surface area contributed by atoms with Crippen molar-refractivity contribution in [3.05, 3.63) is 66.4 Å². The van der Waals surface area contributed by atoms with Crippen molar-refractivity contribution in [1.29, 1.82) is 0 Å². The number of nitrogens with zero attached hydrogens (tertiary/aromatic N) is 3. The van der Waals surface area contributed by atoms with Gasteiger partial charge in [0, 0.05) is 13.5 Å². The number of carbonyl (C=O) groups is 1. The third-order valence-electron chi connectivity index (χ3n) is 3.69. The second-order valence-corrected chi connectivity index (χ2v) is 5.45. The Hall–Kier alpha value is -2.95. The number of carbonyl (C=O) groups excluding carboxylic acids is 1. The Morgan fingerprint density at radius 3 is 2.58 bits per heavy atom. The van der Waals surface area contributed by atoms with E-state index in [1.165, 1.54) is 13.1 Å². The first-order chi connectivity index (χ1) is 11.5. The molecule has 2 aromatic carbocycles. The van der Waals surface area contributed by atoms with E-state index in [1.54, 1.807) is 17.0 Å². The monoisotopic (exact) mass is 323 g/mol. The average molecular weight is 323 g/mol. The van der Waals surface area contributed by atoms with Crippen molar-refractivity contribution < 1.29 is 9.90 Å². The van der Waals surface area contributed by atoms with Crippen molar-refractivity contribution in [1.82, 2.24) is 4.90 Å². The van der Waals surface area contributed by atoms with Gasteiger partial charge in [-0.3, -0.25) is 4.79 Å². The van der Waals surface area contributed by atoms with E-state index in [9.17, 15) is 9.90 Å². The Morgan fingerprint density at radius 1 is 1.21 bits per heavy atom. The van der Waals surface area contributed by atoms with E-state index in [2.05, 4.69) is 16.8 Å². The first-order valence-electron chi connectivity index (χ1n) is 7.70. The molecule has 0 saturated heterocycles. The van der Waals surface area contributed by atoms with E-state index in [0.29, 0.717) is 18.7 Å². The molecule has 0 aliphatic heterocycles. The van der Waals surface area contributed by atoms with Crippen LogP contribution in [0, 0.1) is 6.92 Å². The second-order valence-electron chi connectivity index (χ2n) is 5.45. The Kier molecular flexibility index (Phi) is 5.84. The van der Waals surface area contributed by atoms with Crippen LogP contribution in [0.5, 0.6) is 5.75 Å². The number of hydrogen-bond acceptors (Lipinski definition) is 4. The Balaban J connectivity index is 2.15. The van der Waals surface area contributed by atoms with Gasteiger partial charge in [-0.2, -0.15) is 5.11 Å². The van der Waals surface area contributed by atoms with Gasteiger partial charge in [-0.1, -0.05) is 30.8 Å². The Morgan fingerprint density at radius 2 is 1.92 bits per heavy atom. The van der Waals surface area contributed by atoms with E-state index in [0.717, 1.165) is 16.8 Å². The molecule has 0 atom stereocenters. The van der Waals surface area contributed by atoms with Crippen LogP contribution in [-0.4, -0.2) is 22.5 Å². The number of rotatable bonds is 6. The lowest BCUT2D eigenvalue weighted by atomic mass is 10.1. The molecule has 0 saturated carbocycles. The summed E-state index contributed by atoms with van der Waals surface area (Å²) in [6, 6.07) is 12.8. The lowest BCUT2D eigenvalue weighted by Crippen LogP contribution is -2.24. The number of phenolic OH excluding ortho intramolecular Hbond substituents is 1. The first kappa shape index (κ1) is 17.4. The molecule has 2 aromatic rings.